The molecule has 0 amide bonds. The average molecular weight is 445 g/mol. The molecule has 0 N–H and O–H groups in total. The molecule has 4 unspecified atom stereocenters. The van der Waals surface area contributed by atoms with Gasteiger partial charge in [-0.25, -0.2) is 0 Å². The molecular weight excluding hydrogens is 415 g/mol. The van der Waals surface area contributed by atoms with Gasteiger partial charge in [0.1, 0.15) is 0 Å². The van der Waals surface area contributed by atoms with Crippen molar-refractivity contribution < 1.29 is 14.3 Å². The summed E-state index contributed by atoms with van der Waals surface area (Å²) in [6.45, 7) is 2.31. The summed E-state index contributed by atoms with van der Waals surface area (Å²) in [7, 11) is 0. The molecule has 3 nitrogen and oxygen atoms in total. The number of esters is 1. The zero-order valence-corrected chi connectivity index (χ0v) is 18.4. The summed E-state index contributed by atoms with van der Waals surface area (Å²) in [5.41, 5.74) is 0.861. The molecule has 1 fully saturated rings. The Hall–Kier alpha value is -1.51. The maximum absolute atomic E-state index is 12.8. The minimum absolute atomic E-state index is 0.141. The number of carbonyl (C=O) groups excluding carboxylic acids is 1. The fraction of sp³-hybridized carbons (Fsp3) is 0.542. The Labute approximate surface area is 174 Å². The van der Waals surface area contributed by atoms with Gasteiger partial charge < -0.3 is 0 Å². The number of allylic oxidation sites excluding steroid dienone is 3. The summed E-state index contributed by atoms with van der Waals surface area (Å²) in [6.07, 6.45) is 12.6. The fourth-order valence-electron chi connectivity index (χ4n) is 4.75. The first-order valence-corrected chi connectivity index (χ1v) is 12.6. The number of carbonyl (C=O) groups is 1. The van der Waals surface area contributed by atoms with E-state index in [1.807, 2.05) is 6.92 Å². The molecule has 1 aromatic carbocycles. The third-order valence-electron chi connectivity index (χ3n) is 6.04. The molecule has 1 aliphatic heterocycles. The van der Waals surface area contributed by atoms with Crippen molar-refractivity contribution in [1.82, 2.24) is 0 Å². The summed E-state index contributed by atoms with van der Waals surface area (Å²) >= 11 is 0.366. The molecule has 2 aliphatic carbocycles. The van der Waals surface area contributed by atoms with Gasteiger partial charge >= 0.3 is 175 Å². The third-order valence-corrected chi connectivity index (χ3v) is 8.88. The average Bonchev–Trinajstić information content (AvgIpc) is 3.09. The number of hydrogen-bond donors (Lipinski definition) is 0. The first-order chi connectivity index (χ1) is 13.8. The molecule has 0 saturated heterocycles. The van der Waals surface area contributed by atoms with Crippen LogP contribution in [-0.2, 0) is 14.3 Å². The Morgan fingerprint density at radius 1 is 1.18 bits per heavy atom. The fourth-order valence-corrected chi connectivity index (χ4v) is 7.54. The second kappa shape index (κ2) is 9.32. The van der Waals surface area contributed by atoms with Gasteiger partial charge in [-0.05, 0) is 0 Å². The van der Waals surface area contributed by atoms with Crippen molar-refractivity contribution in [2.24, 2.45) is 11.8 Å². The number of hydrogen-bond acceptors (Lipinski definition) is 3. The van der Waals surface area contributed by atoms with Crippen LogP contribution in [0.2, 0.25) is 4.82 Å². The number of rotatable bonds is 6. The number of ether oxygens (including phenoxy) is 2. The van der Waals surface area contributed by atoms with Crippen LogP contribution in [-0.4, -0.2) is 33.6 Å². The molecule has 150 valence electrons. The van der Waals surface area contributed by atoms with Gasteiger partial charge in [0.05, 0.1) is 0 Å². The zero-order valence-electron chi connectivity index (χ0n) is 16.6. The van der Waals surface area contributed by atoms with E-state index in [2.05, 4.69) is 42.5 Å². The first-order valence-electron chi connectivity index (χ1n) is 10.7. The van der Waals surface area contributed by atoms with Crippen LogP contribution in [0.1, 0.15) is 51.9 Å². The molecule has 0 aromatic heterocycles. The summed E-state index contributed by atoms with van der Waals surface area (Å²) in [5.74, 6) is 1.50. The van der Waals surface area contributed by atoms with E-state index >= 15 is 0 Å². The Morgan fingerprint density at radius 2 is 2.04 bits per heavy atom. The normalized spacial score (nSPS) is 29.3. The van der Waals surface area contributed by atoms with Crippen LogP contribution < -0.4 is 4.46 Å². The van der Waals surface area contributed by atoms with Crippen molar-refractivity contribution in [2.45, 2.75) is 62.8 Å². The second-order valence-corrected chi connectivity index (χ2v) is 10.7. The van der Waals surface area contributed by atoms with Gasteiger partial charge in [-0.3, -0.25) is 0 Å². The van der Waals surface area contributed by atoms with E-state index in [1.165, 1.54) is 36.6 Å². The minimum atomic E-state index is -0.141. The summed E-state index contributed by atoms with van der Waals surface area (Å²) < 4.78 is 13.5. The van der Waals surface area contributed by atoms with Crippen LogP contribution in [0, 0.1) is 11.8 Å². The monoisotopic (exact) mass is 446 g/mol. The van der Waals surface area contributed by atoms with Crippen molar-refractivity contribution >= 4 is 25.4 Å². The molecule has 1 heterocycles. The van der Waals surface area contributed by atoms with Crippen molar-refractivity contribution in [3.05, 3.63) is 53.8 Å². The van der Waals surface area contributed by atoms with Crippen molar-refractivity contribution in [3.8, 4) is 0 Å². The van der Waals surface area contributed by atoms with E-state index in [-0.39, 0.29) is 18.0 Å². The molecular formula is C24H30O3Se. The topological polar surface area (TPSA) is 35.5 Å². The molecule has 0 bridgehead atoms. The van der Waals surface area contributed by atoms with E-state index in [0.29, 0.717) is 32.3 Å². The molecule has 4 heteroatoms. The van der Waals surface area contributed by atoms with Crippen molar-refractivity contribution in [3.63, 3.8) is 0 Å². The van der Waals surface area contributed by atoms with Gasteiger partial charge in [-0.1, -0.05) is 0 Å². The van der Waals surface area contributed by atoms with E-state index in [0.717, 1.165) is 24.2 Å². The summed E-state index contributed by atoms with van der Waals surface area (Å²) in [6, 6.07) is 10.8. The molecule has 3 aliphatic rings. The Balaban J connectivity index is 1.55. The second-order valence-electron chi connectivity index (χ2n) is 7.97. The van der Waals surface area contributed by atoms with E-state index < -0.39 is 0 Å². The standard InChI is InChI=1S/C24H30O3Se/c1-2-26-24(25)22-19-14-9-15-21(28-18-12-7-4-8-13-18)23(19)27-20(22)16-17-10-5-3-6-11-17/h4-5,7-8,10,12-13,17,19,21,23H,2-3,6,9,11,14-16H2,1H3. The van der Waals surface area contributed by atoms with Gasteiger partial charge in [0.2, 0.25) is 0 Å². The molecule has 0 radical (unpaired) electrons. The van der Waals surface area contributed by atoms with Crippen molar-refractivity contribution in [1.29, 1.82) is 0 Å². The van der Waals surface area contributed by atoms with Gasteiger partial charge in [-0.15, -0.1) is 0 Å². The Bertz CT molecular complexity index is 739. The predicted octanol–water partition coefficient (Wildman–Crippen LogP) is 4.57. The van der Waals surface area contributed by atoms with Crippen LogP contribution in [0.15, 0.2) is 53.8 Å². The molecule has 28 heavy (non-hydrogen) atoms. The molecule has 1 aromatic rings. The van der Waals surface area contributed by atoms with Crippen molar-refractivity contribution in [2.75, 3.05) is 6.61 Å². The molecule has 4 rings (SSSR count). The summed E-state index contributed by atoms with van der Waals surface area (Å²) in [4.78, 5) is 13.4. The predicted molar refractivity (Wildman–Crippen MR) is 113 cm³/mol. The molecule has 4 atom stereocenters. The number of fused-ring (bicyclic) bond motifs is 1. The Morgan fingerprint density at radius 3 is 2.79 bits per heavy atom. The SMILES string of the molecule is CCOC(=O)C1=C(CC2C=CCCC2)OC2C([Se]c3ccccc3)CCCC12. The van der Waals surface area contributed by atoms with E-state index in [4.69, 9.17) is 9.47 Å². The molecule has 1 saturated carbocycles. The van der Waals surface area contributed by atoms with E-state index in [9.17, 15) is 4.79 Å². The number of benzene rings is 1. The van der Waals surface area contributed by atoms with Crippen LogP contribution in [0.4, 0.5) is 0 Å². The van der Waals surface area contributed by atoms with Gasteiger partial charge in [0.15, 0.2) is 0 Å². The van der Waals surface area contributed by atoms with Crippen LogP contribution in [0.3, 0.4) is 0 Å². The van der Waals surface area contributed by atoms with Crippen LogP contribution in [0.25, 0.3) is 0 Å². The van der Waals surface area contributed by atoms with Gasteiger partial charge in [0.25, 0.3) is 0 Å². The first kappa shape index (κ1) is 19.8. The van der Waals surface area contributed by atoms with E-state index in [1.54, 1.807) is 0 Å². The molecule has 0 spiro atoms. The van der Waals surface area contributed by atoms with Crippen LogP contribution in [0.5, 0.6) is 0 Å². The van der Waals surface area contributed by atoms with Crippen LogP contribution >= 0.6 is 0 Å². The Kier molecular flexibility index (Phi) is 6.59. The quantitative estimate of drug-likeness (QED) is 0.366. The maximum atomic E-state index is 12.8. The third kappa shape index (κ3) is 4.39. The van der Waals surface area contributed by atoms with Gasteiger partial charge in [-0.2, -0.15) is 0 Å². The zero-order chi connectivity index (χ0) is 19.3. The summed E-state index contributed by atoms with van der Waals surface area (Å²) in [5, 5.41) is 0. The van der Waals surface area contributed by atoms with Gasteiger partial charge in [0, 0.05) is 0 Å².